The van der Waals surface area contributed by atoms with Gasteiger partial charge in [0.1, 0.15) is 0 Å². The van der Waals surface area contributed by atoms with Gasteiger partial charge in [-0.3, -0.25) is 0 Å². The molecule has 0 aromatic heterocycles. The Labute approximate surface area is 114 Å². The summed E-state index contributed by atoms with van der Waals surface area (Å²) in [5, 5.41) is 4.24. The van der Waals surface area contributed by atoms with Crippen LogP contribution in [0.25, 0.3) is 0 Å². The summed E-state index contributed by atoms with van der Waals surface area (Å²) in [7, 11) is 0. The summed E-state index contributed by atoms with van der Waals surface area (Å²) in [6, 6.07) is 16.5. The molecular weight excluding hydrogens is 242 g/mol. The third-order valence-corrected chi connectivity index (χ3v) is 3.33. The number of nitrogens with one attached hydrogen (secondary N) is 1. The molecule has 0 saturated heterocycles. The van der Waals surface area contributed by atoms with Crippen LogP contribution in [0.15, 0.2) is 48.5 Å². The second kappa shape index (κ2) is 6.58. The van der Waals surface area contributed by atoms with Crippen LogP contribution in [0.3, 0.4) is 0 Å². The van der Waals surface area contributed by atoms with E-state index in [1.165, 1.54) is 16.7 Å². The summed E-state index contributed by atoms with van der Waals surface area (Å²) in [5.74, 6) is 0. The van der Waals surface area contributed by atoms with Crippen LogP contribution in [-0.2, 0) is 13.0 Å². The van der Waals surface area contributed by atoms with E-state index >= 15 is 0 Å². The molecule has 94 valence electrons. The maximum Gasteiger partial charge on any atom is 0.0406 e. The minimum absolute atomic E-state index is 0.790. The van der Waals surface area contributed by atoms with E-state index in [9.17, 15) is 0 Å². The molecule has 0 aliphatic carbocycles. The van der Waals surface area contributed by atoms with Gasteiger partial charge in [0.05, 0.1) is 0 Å². The molecule has 1 N–H and O–H groups in total. The third-order valence-electron chi connectivity index (χ3n) is 3.07. The molecule has 0 saturated carbocycles. The standard InChI is InChI=1S/C16H18ClN/c1-13-4-2-3-5-15(13)10-11-18-12-14-6-8-16(17)9-7-14/h2-9,18H,10-12H2,1H3. The van der Waals surface area contributed by atoms with Gasteiger partial charge in [0, 0.05) is 11.6 Å². The van der Waals surface area contributed by atoms with Gasteiger partial charge in [-0.2, -0.15) is 0 Å². The van der Waals surface area contributed by atoms with Crippen molar-refractivity contribution in [2.45, 2.75) is 19.9 Å². The topological polar surface area (TPSA) is 12.0 Å². The average Bonchev–Trinajstić information content (AvgIpc) is 2.39. The van der Waals surface area contributed by atoms with Crippen molar-refractivity contribution in [1.29, 1.82) is 0 Å². The first-order valence-corrected chi connectivity index (χ1v) is 6.63. The van der Waals surface area contributed by atoms with Crippen molar-refractivity contribution in [1.82, 2.24) is 5.32 Å². The lowest BCUT2D eigenvalue weighted by Crippen LogP contribution is -2.16. The van der Waals surface area contributed by atoms with Crippen molar-refractivity contribution in [3.63, 3.8) is 0 Å². The minimum Gasteiger partial charge on any atom is -0.312 e. The summed E-state index contributed by atoms with van der Waals surface area (Å²) in [4.78, 5) is 0. The summed E-state index contributed by atoms with van der Waals surface area (Å²) < 4.78 is 0. The van der Waals surface area contributed by atoms with Gasteiger partial charge in [0.2, 0.25) is 0 Å². The second-order valence-corrected chi connectivity index (χ2v) is 4.92. The Balaban J connectivity index is 1.76. The van der Waals surface area contributed by atoms with Crippen molar-refractivity contribution in [3.05, 3.63) is 70.2 Å². The number of halogens is 1. The lowest BCUT2D eigenvalue weighted by Gasteiger charge is -2.07. The molecule has 2 aromatic carbocycles. The fourth-order valence-corrected chi connectivity index (χ4v) is 2.07. The SMILES string of the molecule is Cc1ccccc1CCNCc1ccc(Cl)cc1. The fourth-order valence-electron chi connectivity index (χ4n) is 1.95. The zero-order valence-corrected chi connectivity index (χ0v) is 11.4. The smallest absolute Gasteiger partial charge is 0.0406 e. The zero-order chi connectivity index (χ0) is 12.8. The van der Waals surface area contributed by atoms with E-state index in [1.54, 1.807) is 0 Å². The van der Waals surface area contributed by atoms with E-state index in [2.05, 4.69) is 48.6 Å². The van der Waals surface area contributed by atoms with Crippen LogP contribution in [0.1, 0.15) is 16.7 Å². The number of benzene rings is 2. The molecule has 0 atom stereocenters. The van der Waals surface area contributed by atoms with Gasteiger partial charge in [0.25, 0.3) is 0 Å². The highest BCUT2D eigenvalue weighted by atomic mass is 35.5. The number of hydrogen-bond donors (Lipinski definition) is 1. The van der Waals surface area contributed by atoms with E-state index in [0.29, 0.717) is 0 Å². The van der Waals surface area contributed by atoms with Crippen LogP contribution in [-0.4, -0.2) is 6.54 Å². The molecule has 0 amide bonds. The molecule has 0 heterocycles. The maximum atomic E-state index is 5.85. The van der Waals surface area contributed by atoms with Gasteiger partial charge < -0.3 is 5.32 Å². The van der Waals surface area contributed by atoms with Crippen molar-refractivity contribution in [3.8, 4) is 0 Å². The Kier molecular flexibility index (Phi) is 4.80. The van der Waals surface area contributed by atoms with Gasteiger partial charge in [-0.05, 0) is 48.7 Å². The van der Waals surface area contributed by atoms with Crippen molar-refractivity contribution < 1.29 is 0 Å². The van der Waals surface area contributed by atoms with Crippen LogP contribution in [0, 0.1) is 6.92 Å². The molecule has 2 aromatic rings. The lowest BCUT2D eigenvalue weighted by atomic mass is 10.1. The predicted molar refractivity (Wildman–Crippen MR) is 78.0 cm³/mol. The van der Waals surface area contributed by atoms with Crippen molar-refractivity contribution in [2.75, 3.05) is 6.54 Å². The largest absolute Gasteiger partial charge is 0.312 e. The Morgan fingerprint density at radius 2 is 1.72 bits per heavy atom. The highest BCUT2D eigenvalue weighted by molar-refractivity contribution is 6.30. The molecule has 0 bridgehead atoms. The van der Waals surface area contributed by atoms with E-state index in [1.807, 2.05) is 12.1 Å². The van der Waals surface area contributed by atoms with Crippen molar-refractivity contribution in [2.24, 2.45) is 0 Å². The molecule has 0 radical (unpaired) electrons. The first-order valence-electron chi connectivity index (χ1n) is 6.25. The highest BCUT2D eigenvalue weighted by Gasteiger charge is 1.97. The number of rotatable bonds is 5. The first-order chi connectivity index (χ1) is 8.75. The Hall–Kier alpha value is -1.31. The van der Waals surface area contributed by atoms with E-state index in [4.69, 9.17) is 11.6 Å². The van der Waals surface area contributed by atoms with Gasteiger partial charge in [0.15, 0.2) is 0 Å². The summed E-state index contributed by atoms with van der Waals surface area (Å²) in [5.41, 5.74) is 4.05. The number of hydrogen-bond acceptors (Lipinski definition) is 1. The molecule has 0 unspecified atom stereocenters. The molecule has 18 heavy (non-hydrogen) atoms. The van der Waals surface area contributed by atoms with Crippen molar-refractivity contribution >= 4 is 11.6 Å². The maximum absolute atomic E-state index is 5.85. The lowest BCUT2D eigenvalue weighted by molar-refractivity contribution is 0.685. The fraction of sp³-hybridized carbons (Fsp3) is 0.250. The first kappa shape index (κ1) is 13.1. The Morgan fingerprint density at radius 1 is 1.00 bits per heavy atom. The molecule has 0 fully saturated rings. The van der Waals surface area contributed by atoms with Crippen LogP contribution >= 0.6 is 11.6 Å². The summed E-state index contributed by atoms with van der Waals surface area (Å²) in [6.45, 7) is 4.05. The Bertz CT molecular complexity index is 491. The minimum atomic E-state index is 0.790. The van der Waals surface area contributed by atoms with Gasteiger partial charge in [-0.1, -0.05) is 48.0 Å². The zero-order valence-electron chi connectivity index (χ0n) is 10.6. The van der Waals surface area contributed by atoms with Gasteiger partial charge in [-0.15, -0.1) is 0 Å². The van der Waals surface area contributed by atoms with Crippen LogP contribution in [0.5, 0.6) is 0 Å². The average molecular weight is 260 g/mol. The second-order valence-electron chi connectivity index (χ2n) is 4.48. The summed E-state index contributed by atoms with van der Waals surface area (Å²) >= 11 is 5.85. The molecule has 0 spiro atoms. The molecule has 2 heteroatoms. The summed E-state index contributed by atoms with van der Waals surface area (Å²) in [6.07, 6.45) is 1.07. The molecule has 2 rings (SSSR count). The highest BCUT2D eigenvalue weighted by Crippen LogP contribution is 2.09. The van der Waals surface area contributed by atoms with Crippen LogP contribution in [0.4, 0.5) is 0 Å². The quantitative estimate of drug-likeness (QED) is 0.801. The van der Waals surface area contributed by atoms with E-state index in [0.717, 1.165) is 24.5 Å². The third kappa shape index (κ3) is 3.86. The van der Waals surface area contributed by atoms with E-state index in [-0.39, 0.29) is 0 Å². The number of aryl methyl sites for hydroxylation is 1. The molecular formula is C16H18ClN. The van der Waals surface area contributed by atoms with Crippen LogP contribution < -0.4 is 5.32 Å². The molecule has 0 aliphatic rings. The predicted octanol–water partition coefficient (Wildman–Crippen LogP) is 3.98. The molecule has 0 aliphatic heterocycles. The molecule has 1 nitrogen and oxygen atoms in total. The monoisotopic (exact) mass is 259 g/mol. The van der Waals surface area contributed by atoms with Gasteiger partial charge in [-0.25, -0.2) is 0 Å². The van der Waals surface area contributed by atoms with Crippen LogP contribution in [0.2, 0.25) is 5.02 Å². The van der Waals surface area contributed by atoms with Gasteiger partial charge >= 0.3 is 0 Å². The van der Waals surface area contributed by atoms with E-state index < -0.39 is 0 Å². The Morgan fingerprint density at radius 3 is 2.44 bits per heavy atom. The normalized spacial score (nSPS) is 10.6.